The molecular formula is C15H24N4O3. The van der Waals surface area contributed by atoms with Crippen LogP contribution in [0.1, 0.15) is 38.5 Å². The monoisotopic (exact) mass is 308 g/mol. The van der Waals surface area contributed by atoms with Crippen molar-refractivity contribution in [3.05, 3.63) is 0 Å². The van der Waals surface area contributed by atoms with Gasteiger partial charge in [0.2, 0.25) is 5.91 Å². The molecule has 0 aromatic heterocycles. The SMILES string of the molecule is NCC1CCN(C(=O)CN2C(=O)NC3(CCCCC3)C2=O)C1. The first kappa shape index (κ1) is 15.3. The second-order valence-corrected chi connectivity index (χ2v) is 6.69. The second kappa shape index (κ2) is 5.87. The molecule has 2 heterocycles. The Morgan fingerprint density at radius 1 is 1.27 bits per heavy atom. The number of likely N-dealkylation sites (tertiary alicyclic amines) is 1. The zero-order chi connectivity index (χ0) is 15.7. The Kier molecular flexibility index (Phi) is 4.08. The molecule has 2 saturated heterocycles. The predicted octanol–water partition coefficient (Wildman–Crippen LogP) is 0.0483. The Morgan fingerprint density at radius 2 is 2.00 bits per heavy atom. The lowest BCUT2D eigenvalue weighted by atomic mass is 9.82. The van der Waals surface area contributed by atoms with Crippen LogP contribution in [0.2, 0.25) is 0 Å². The Balaban J connectivity index is 1.64. The first-order valence-corrected chi connectivity index (χ1v) is 8.18. The highest BCUT2D eigenvalue weighted by atomic mass is 16.2. The summed E-state index contributed by atoms with van der Waals surface area (Å²) in [7, 11) is 0. The van der Waals surface area contributed by atoms with E-state index in [-0.39, 0.29) is 18.4 Å². The molecule has 1 atom stereocenters. The molecule has 1 saturated carbocycles. The molecule has 22 heavy (non-hydrogen) atoms. The molecule has 1 spiro atoms. The van der Waals surface area contributed by atoms with Crippen LogP contribution in [0.25, 0.3) is 0 Å². The second-order valence-electron chi connectivity index (χ2n) is 6.69. The largest absolute Gasteiger partial charge is 0.341 e. The number of carbonyl (C=O) groups excluding carboxylic acids is 3. The maximum atomic E-state index is 12.6. The fraction of sp³-hybridized carbons (Fsp3) is 0.800. The fourth-order valence-electron chi connectivity index (χ4n) is 3.80. The Labute approximate surface area is 130 Å². The molecule has 2 aliphatic heterocycles. The summed E-state index contributed by atoms with van der Waals surface area (Å²) >= 11 is 0. The molecule has 7 heteroatoms. The van der Waals surface area contributed by atoms with Gasteiger partial charge in [-0.25, -0.2) is 4.79 Å². The molecule has 1 aliphatic carbocycles. The number of hydrogen-bond acceptors (Lipinski definition) is 4. The minimum Gasteiger partial charge on any atom is -0.341 e. The third-order valence-electron chi connectivity index (χ3n) is 5.22. The number of nitrogens with zero attached hydrogens (tertiary/aromatic N) is 2. The number of amides is 4. The maximum Gasteiger partial charge on any atom is 0.325 e. The third kappa shape index (κ3) is 2.58. The number of rotatable bonds is 3. The van der Waals surface area contributed by atoms with Gasteiger partial charge in [-0.2, -0.15) is 0 Å². The van der Waals surface area contributed by atoms with E-state index in [4.69, 9.17) is 5.73 Å². The van der Waals surface area contributed by atoms with E-state index in [1.54, 1.807) is 4.90 Å². The van der Waals surface area contributed by atoms with Crippen LogP contribution in [0.4, 0.5) is 4.79 Å². The number of nitrogens with two attached hydrogens (primary N) is 1. The smallest absolute Gasteiger partial charge is 0.325 e. The Morgan fingerprint density at radius 3 is 2.64 bits per heavy atom. The summed E-state index contributed by atoms with van der Waals surface area (Å²) in [6.07, 6.45) is 5.24. The van der Waals surface area contributed by atoms with Gasteiger partial charge in [0.25, 0.3) is 5.91 Å². The molecule has 0 aromatic rings. The van der Waals surface area contributed by atoms with Crippen molar-refractivity contribution in [1.82, 2.24) is 15.1 Å². The number of imide groups is 1. The summed E-state index contributed by atoms with van der Waals surface area (Å²) in [6.45, 7) is 1.71. The lowest BCUT2D eigenvalue weighted by Crippen LogP contribution is -2.49. The molecule has 7 nitrogen and oxygen atoms in total. The molecule has 3 fully saturated rings. The van der Waals surface area contributed by atoms with Crippen molar-refractivity contribution in [2.24, 2.45) is 11.7 Å². The van der Waals surface area contributed by atoms with Crippen LogP contribution >= 0.6 is 0 Å². The topological polar surface area (TPSA) is 95.7 Å². The van der Waals surface area contributed by atoms with Crippen molar-refractivity contribution in [2.45, 2.75) is 44.1 Å². The Hall–Kier alpha value is -1.63. The van der Waals surface area contributed by atoms with Crippen LogP contribution in [-0.4, -0.2) is 59.4 Å². The molecule has 4 amide bonds. The third-order valence-corrected chi connectivity index (χ3v) is 5.22. The van der Waals surface area contributed by atoms with Crippen molar-refractivity contribution >= 4 is 17.8 Å². The molecule has 1 unspecified atom stereocenters. The van der Waals surface area contributed by atoms with Gasteiger partial charge in [0.15, 0.2) is 0 Å². The van der Waals surface area contributed by atoms with Gasteiger partial charge in [-0.05, 0) is 31.7 Å². The summed E-state index contributed by atoms with van der Waals surface area (Å²) in [5, 5.41) is 2.83. The fourth-order valence-corrected chi connectivity index (χ4v) is 3.80. The molecule has 0 aromatic carbocycles. The van der Waals surface area contributed by atoms with Crippen LogP contribution in [-0.2, 0) is 9.59 Å². The molecule has 0 bridgehead atoms. The van der Waals surface area contributed by atoms with Gasteiger partial charge in [-0.3, -0.25) is 14.5 Å². The molecule has 3 aliphatic rings. The van der Waals surface area contributed by atoms with E-state index in [2.05, 4.69) is 5.32 Å². The van der Waals surface area contributed by atoms with Gasteiger partial charge in [-0.15, -0.1) is 0 Å². The van der Waals surface area contributed by atoms with Crippen LogP contribution in [0, 0.1) is 5.92 Å². The summed E-state index contributed by atoms with van der Waals surface area (Å²) < 4.78 is 0. The zero-order valence-corrected chi connectivity index (χ0v) is 12.8. The van der Waals surface area contributed by atoms with E-state index in [0.717, 1.165) is 30.6 Å². The highest BCUT2D eigenvalue weighted by molar-refractivity contribution is 6.09. The summed E-state index contributed by atoms with van der Waals surface area (Å²) in [6, 6.07) is -0.421. The lowest BCUT2D eigenvalue weighted by molar-refractivity contribution is -0.139. The molecule has 3 N–H and O–H groups in total. The van der Waals surface area contributed by atoms with Gasteiger partial charge in [0, 0.05) is 13.1 Å². The number of carbonyl (C=O) groups is 3. The average molecular weight is 308 g/mol. The van der Waals surface area contributed by atoms with Crippen molar-refractivity contribution in [3.63, 3.8) is 0 Å². The van der Waals surface area contributed by atoms with Gasteiger partial charge in [-0.1, -0.05) is 19.3 Å². The van der Waals surface area contributed by atoms with Crippen molar-refractivity contribution in [3.8, 4) is 0 Å². The highest BCUT2D eigenvalue weighted by Crippen LogP contribution is 2.33. The standard InChI is InChI=1S/C15H24N4O3/c16-8-11-4-7-18(9-11)12(20)10-19-13(21)15(17-14(19)22)5-2-1-3-6-15/h11H,1-10,16H2,(H,17,22). The van der Waals surface area contributed by atoms with E-state index in [1.165, 1.54) is 0 Å². The van der Waals surface area contributed by atoms with E-state index in [0.29, 0.717) is 38.4 Å². The van der Waals surface area contributed by atoms with Gasteiger partial charge in [0.05, 0.1) is 0 Å². The summed E-state index contributed by atoms with van der Waals surface area (Å²) in [4.78, 5) is 39.9. The van der Waals surface area contributed by atoms with Crippen molar-refractivity contribution < 1.29 is 14.4 Å². The van der Waals surface area contributed by atoms with E-state index in [9.17, 15) is 14.4 Å². The zero-order valence-electron chi connectivity index (χ0n) is 12.8. The van der Waals surface area contributed by atoms with Crippen LogP contribution in [0.3, 0.4) is 0 Å². The number of urea groups is 1. The van der Waals surface area contributed by atoms with E-state index >= 15 is 0 Å². The van der Waals surface area contributed by atoms with Crippen LogP contribution in [0.5, 0.6) is 0 Å². The van der Waals surface area contributed by atoms with Crippen molar-refractivity contribution in [1.29, 1.82) is 0 Å². The Bertz CT molecular complexity index is 487. The number of hydrogen-bond donors (Lipinski definition) is 2. The minimum atomic E-state index is -0.750. The minimum absolute atomic E-state index is 0.149. The number of nitrogens with one attached hydrogen (secondary N) is 1. The predicted molar refractivity (Wildman–Crippen MR) is 79.8 cm³/mol. The molecule has 3 rings (SSSR count). The van der Waals surface area contributed by atoms with Gasteiger partial charge < -0.3 is 16.0 Å². The first-order chi connectivity index (χ1) is 10.6. The quantitative estimate of drug-likeness (QED) is 0.720. The average Bonchev–Trinajstić information content (AvgIpc) is 3.08. The maximum absolute atomic E-state index is 12.6. The van der Waals surface area contributed by atoms with Gasteiger partial charge >= 0.3 is 6.03 Å². The van der Waals surface area contributed by atoms with E-state index < -0.39 is 11.6 Å². The highest BCUT2D eigenvalue weighted by Gasteiger charge is 2.51. The molecule has 0 radical (unpaired) electrons. The molecular weight excluding hydrogens is 284 g/mol. The first-order valence-electron chi connectivity index (χ1n) is 8.18. The summed E-state index contributed by atoms with van der Waals surface area (Å²) in [5.41, 5.74) is 4.88. The van der Waals surface area contributed by atoms with E-state index in [1.807, 2.05) is 0 Å². The lowest BCUT2D eigenvalue weighted by Gasteiger charge is -2.30. The van der Waals surface area contributed by atoms with Gasteiger partial charge in [0.1, 0.15) is 12.1 Å². The van der Waals surface area contributed by atoms with Crippen LogP contribution in [0.15, 0.2) is 0 Å². The summed E-state index contributed by atoms with van der Waals surface area (Å²) in [5.74, 6) is -0.0517. The van der Waals surface area contributed by atoms with Crippen LogP contribution < -0.4 is 11.1 Å². The van der Waals surface area contributed by atoms with Crippen molar-refractivity contribution in [2.75, 3.05) is 26.2 Å². The molecule has 122 valence electrons. The normalized spacial score (nSPS) is 27.6.